The van der Waals surface area contributed by atoms with Crippen molar-refractivity contribution in [1.29, 1.82) is 5.53 Å². The molecule has 0 saturated carbocycles. The fourth-order valence-corrected chi connectivity index (χ4v) is 1.47. The number of nitrogens with one attached hydrogen (secondary N) is 1. The van der Waals surface area contributed by atoms with E-state index < -0.39 is 17.3 Å². The molecule has 1 rings (SSSR count). The number of hydrogen-bond acceptors (Lipinski definition) is 6. The van der Waals surface area contributed by atoms with Crippen LogP contribution in [0.2, 0.25) is 0 Å². The number of esters is 1. The van der Waals surface area contributed by atoms with Crippen LogP contribution in [-0.2, 0) is 25.7 Å². The molecule has 1 atom stereocenters. The Labute approximate surface area is 117 Å². The fraction of sp³-hybridized carbons (Fsp3) is 0.429. The van der Waals surface area contributed by atoms with Crippen molar-refractivity contribution in [2.75, 3.05) is 13.2 Å². The molecule has 0 saturated heterocycles. The highest BCUT2D eigenvalue weighted by molar-refractivity contribution is 6.08. The first-order valence-corrected chi connectivity index (χ1v) is 6.25. The molecule has 108 valence electrons. The van der Waals surface area contributed by atoms with E-state index in [0.29, 0.717) is 0 Å². The maximum absolute atomic E-state index is 12.0. The molecule has 0 bridgehead atoms. The molecule has 0 radical (unpaired) electrons. The highest BCUT2D eigenvalue weighted by Crippen LogP contribution is 2.15. The van der Waals surface area contributed by atoms with Gasteiger partial charge in [-0.1, -0.05) is 30.3 Å². The lowest BCUT2D eigenvalue weighted by Gasteiger charge is -2.19. The summed E-state index contributed by atoms with van der Waals surface area (Å²) >= 11 is 0. The topological polar surface area (TPSA) is 88.8 Å². The second-order valence-electron chi connectivity index (χ2n) is 4.31. The quantitative estimate of drug-likeness (QED) is 0.448. The van der Waals surface area contributed by atoms with Crippen molar-refractivity contribution in [3.63, 3.8) is 0 Å². The second-order valence-corrected chi connectivity index (χ2v) is 4.31. The first-order valence-electron chi connectivity index (χ1n) is 6.25. The number of ether oxygens (including phenoxy) is 2. The molecule has 0 fully saturated rings. The molecule has 1 unspecified atom stereocenters. The van der Waals surface area contributed by atoms with Gasteiger partial charge in [-0.05, 0) is 19.4 Å². The van der Waals surface area contributed by atoms with Gasteiger partial charge < -0.3 is 9.47 Å². The van der Waals surface area contributed by atoms with Crippen LogP contribution in [0.3, 0.4) is 0 Å². The van der Waals surface area contributed by atoms with Crippen LogP contribution in [0.4, 0.5) is 0 Å². The summed E-state index contributed by atoms with van der Waals surface area (Å²) in [6.07, 6.45) is 0. The monoisotopic (exact) mass is 278 g/mol. The smallest absolute Gasteiger partial charge is 0.343 e. The number of nitrogens with zero attached hydrogens (tertiary/aromatic N) is 1. The third kappa shape index (κ3) is 3.96. The molecular formula is C14H18N2O4. The molecular weight excluding hydrogens is 260 g/mol. The normalized spacial score (nSPS) is 13.3. The van der Waals surface area contributed by atoms with Gasteiger partial charge in [0.2, 0.25) is 5.54 Å². The zero-order valence-electron chi connectivity index (χ0n) is 11.6. The molecule has 6 nitrogen and oxygen atoms in total. The van der Waals surface area contributed by atoms with Crippen molar-refractivity contribution in [3.05, 3.63) is 35.9 Å². The van der Waals surface area contributed by atoms with Crippen molar-refractivity contribution >= 4 is 11.8 Å². The summed E-state index contributed by atoms with van der Waals surface area (Å²) in [5.41, 5.74) is 6.13. The first kappa shape index (κ1) is 16.0. The number of carbonyl (C=O) groups excluding carboxylic acids is 2. The fourth-order valence-electron chi connectivity index (χ4n) is 1.47. The zero-order valence-corrected chi connectivity index (χ0v) is 11.6. The highest BCUT2D eigenvalue weighted by atomic mass is 16.5. The van der Waals surface area contributed by atoms with Crippen molar-refractivity contribution in [2.45, 2.75) is 26.0 Å². The number of benzene rings is 1. The van der Waals surface area contributed by atoms with Gasteiger partial charge in [0.15, 0.2) is 5.78 Å². The Morgan fingerprint density at radius 1 is 1.30 bits per heavy atom. The Balaban J connectivity index is 2.55. The summed E-state index contributed by atoms with van der Waals surface area (Å²) in [4.78, 5) is 23.6. The van der Waals surface area contributed by atoms with Crippen LogP contribution in [0.1, 0.15) is 19.4 Å². The van der Waals surface area contributed by atoms with E-state index in [1.54, 1.807) is 6.92 Å². The van der Waals surface area contributed by atoms with Crippen LogP contribution >= 0.6 is 0 Å². The lowest BCUT2D eigenvalue weighted by molar-refractivity contribution is -0.154. The molecule has 1 N–H and O–H groups in total. The predicted octanol–water partition coefficient (Wildman–Crippen LogP) is 2.13. The average molecular weight is 278 g/mol. The summed E-state index contributed by atoms with van der Waals surface area (Å²) in [6, 6.07) is 9.34. The van der Waals surface area contributed by atoms with Crippen molar-refractivity contribution < 1.29 is 19.1 Å². The van der Waals surface area contributed by atoms with Crippen LogP contribution < -0.4 is 0 Å². The maximum atomic E-state index is 12.0. The summed E-state index contributed by atoms with van der Waals surface area (Å²) < 4.78 is 10.0. The largest absolute Gasteiger partial charge is 0.464 e. The molecule has 1 aromatic carbocycles. The molecule has 0 spiro atoms. The van der Waals surface area contributed by atoms with Crippen LogP contribution in [0.15, 0.2) is 35.4 Å². The van der Waals surface area contributed by atoms with E-state index in [2.05, 4.69) is 5.11 Å². The summed E-state index contributed by atoms with van der Waals surface area (Å²) in [5, 5.41) is 3.11. The molecule has 0 aliphatic carbocycles. The van der Waals surface area contributed by atoms with Gasteiger partial charge in [-0.3, -0.25) is 4.79 Å². The Hall–Kier alpha value is -2.08. The van der Waals surface area contributed by atoms with Gasteiger partial charge in [0.1, 0.15) is 6.61 Å². The number of carbonyl (C=O) groups is 2. The van der Waals surface area contributed by atoms with Crippen molar-refractivity contribution in [3.8, 4) is 0 Å². The van der Waals surface area contributed by atoms with Gasteiger partial charge in [-0.25, -0.2) is 10.3 Å². The van der Waals surface area contributed by atoms with Gasteiger partial charge in [-0.2, -0.15) is 5.11 Å². The molecule has 0 aliphatic heterocycles. The van der Waals surface area contributed by atoms with Crippen LogP contribution in [0.5, 0.6) is 0 Å². The van der Waals surface area contributed by atoms with Gasteiger partial charge >= 0.3 is 5.97 Å². The highest BCUT2D eigenvalue weighted by Gasteiger charge is 2.42. The zero-order chi connectivity index (χ0) is 15.0. The minimum absolute atomic E-state index is 0.127. The molecule has 6 heteroatoms. The molecule has 0 aliphatic rings. The SMILES string of the molecule is CCOC(=O)C(C)(N=N)C(=O)COCc1ccccc1. The predicted molar refractivity (Wildman–Crippen MR) is 71.3 cm³/mol. The maximum Gasteiger partial charge on any atom is 0.343 e. The Morgan fingerprint density at radius 2 is 1.95 bits per heavy atom. The van der Waals surface area contributed by atoms with E-state index in [1.807, 2.05) is 30.3 Å². The lowest BCUT2D eigenvalue weighted by atomic mass is 9.98. The first-order chi connectivity index (χ1) is 9.54. The molecule has 0 amide bonds. The summed E-state index contributed by atoms with van der Waals surface area (Å²) in [5.74, 6) is -1.43. The molecule has 1 aromatic rings. The summed E-state index contributed by atoms with van der Waals surface area (Å²) in [7, 11) is 0. The minimum atomic E-state index is -1.83. The van der Waals surface area contributed by atoms with Gasteiger partial charge in [-0.15, -0.1) is 0 Å². The van der Waals surface area contributed by atoms with E-state index in [4.69, 9.17) is 15.0 Å². The molecule has 20 heavy (non-hydrogen) atoms. The minimum Gasteiger partial charge on any atom is -0.464 e. The van der Waals surface area contributed by atoms with Crippen molar-refractivity contribution in [1.82, 2.24) is 0 Å². The van der Waals surface area contributed by atoms with E-state index >= 15 is 0 Å². The van der Waals surface area contributed by atoms with E-state index in [0.717, 1.165) is 5.56 Å². The number of rotatable bonds is 8. The van der Waals surface area contributed by atoms with Crippen molar-refractivity contribution in [2.24, 2.45) is 5.11 Å². The Kier molecular flexibility index (Phi) is 5.99. The van der Waals surface area contributed by atoms with E-state index in [-0.39, 0.29) is 19.8 Å². The van der Waals surface area contributed by atoms with Crippen LogP contribution in [-0.4, -0.2) is 30.5 Å². The molecule has 0 aromatic heterocycles. The lowest BCUT2D eigenvalue weighted by Crippen LogP contribution is -2.45. The van der Waals surface area contributed by atoms with E-state index in [1.165, 1.54) is 6.92 Å². The molecule has 0 heterocycles. The van der Waals surface area contributed by atoms with Gasteiger partial charge in [0.05, 0.1) is 13.2 Å². The van der Waals surface area contributed by atoms with E-state index in [9.17, 15) is 9.59 Å². The number of Topliss-reactive ketones (excluding diaryl/α,β-unsaturated/α-hetero) is 1. The van der Waals surface area contributed by atoms with Crippen LogP contribution in [0, 0.1) is 5.53 Å². The Bertz CT molecular complexity index is 475. The van der Waals surface area contributed by atoms with Gasteiger partial charge in [0, 0.05) is 0 Å². The third-order valence-corrected chi connectivity index (χ3v) is 2.78. The summed E-state index contributed by atoms with van der Waals surface area (Å²) in [6.45, 7) is 2.96. The standard InChI is InChI=1S/C14H18N2O4/c1-3-20-13(18)14(2,16-15)12(17)10-19-9-11-7-5-4-6-8-11/h4-8,15H,3,9-10H2,1-2H3. The van der Waals surface area contributed by atoms with Crippen LogP contribution in [0.25, 0.3) is 0 Å². The second kappa shape index (κ2) is 7.49. The number of hydrogen-bond donors (Lipinski definition) is 1. The Morgan fingerprint density at radius 3 is 2.50 bits per heavy atom. The third-order valence-electron chi connectivity index (χ3n) is 2.78. The number of ketones is 1. The average Bonchev–Trinajstić information content (AvgIpc) is 2.47. The van der Waals surface area contributed by atoms with Gasteiger partial charge in [0.25, 0.3) is 0 Å².